The molecule has 0 radical (unpaired) electrons. The van der Waals surface area contributed by atoms with E-state index < -0.39 is 0 Å². The van der Waals surface area contributed by atoms with Crippen molar-refractivity contribution in [2.75, 3.05) is 27.2 Å². The molecule has 70 valence electrons. The lowest BCUT2D eigenvalue weighted by molar-refractivity contribution is 0.119. The van der Waals surface area contributed by atoms with Gasteiger partial charge in [0, 0.05) is 31.9 Å². The molecule has 1 aliphatic rings. The summed E-state index contributed by atoms with van der Waals surface area (Å²) < 4.78 is 0. The molecule has 12 heavy (non-hydrogen) atoms. The molecule has 0 amide bonds. The minimum absolute atomic E-state index is 0.681. The Bertz CT molecular complexity index is 175. The largest absolute Gasteiger partial charge is 0.376 e. The molecule has 0 aliphatic carbocycles. The van der Waals surface area contributed by atoms with Crippen LogP contribution in [0.3, 0.4) is 0 Å². The lowest BCUT2D eigenvalue weighted by Crippen LogP contribution is -2.50. The smallest absolute Gasteiger partial charge is 0.0378 e. The fourth-order valence-electron chi connectivity index (χ4n) is 1.79. The molecule has 1 unspecified atom stereocenters. The van der Waals surface area contributed by atoms with Gasteiger partial charge < -0.3 is 4.90 Å². The quantitative estimate of drug-likeness (QED) is 0.584. The SMILES string of the molecule is C=C1CN(C)C(C(C)C)CN1C. The molecule has 1 fully saturated rings. The van der Waals surface area contributed by atoms with Crippen LogP contribution in [0, 0.1) is 5.92 Å². The van der Waals surface area contributed by atoms with Crippen LogP contribution in [-0.4, -0.2) is 43.0 Å². The van der Waals surface area contributed by atoms with Crippen molar-refractivity contribution in [1.82, 2.24) is 9.80 Å². The van der Waals surface area contributed by atoms with E-state index in [1.54, 1.807) is 0 Å². The van der Waals surface area contributed by atoms with E-state index in [1.807, 2.05) is 0 Å². The first-order valence-corrected chi connectivity index (χ1v) is 4.61. The second-order valence-electron chi connectivity index (χ2n) is 4.17. The van der Waals surface area contributed by atoms with Crippen LogP contribution in [-0.2, 0) is 0 Å². The number of likely N-dealkylation sites (N-methyl/N-ethyl adjacent to an activating group) is 2. The van der Waals surface area contributed by atoms with E-state index >= 15 is 0 Å². The molecule has 1 heterocycles. The van der Waals surface area contributed by atoms with Crippen molar-refractivity contribution in [1.29, 1.82) is 0 Å². The van der Waals surface area contributed by atoms with Crippen molar-refractivity contribution in [2.24, 2.45) is 5.92 Å². The number of nitrogens with zero attached hydrogens (tertiary/aromatic N) is 2. The maximum absolute atomic E-state index is 4.02. The van der Waals surface area contributed by atoms with Gasteiger partial charge >= 0.3 is 0 Å². The van der Waals surface area contributed by atoms with Gasteiger partial charge in [-0.05, 0) is 13.0 Å². The lowest BCUT2D eigenvalue weighted by atomic mass is 10.00. The number of rotatable bonds is 1. The molecule has 0 aromatic carbocycles. The average Bonchev–Trinajstić information content (AvgIpc) is 1.96. The van der Waals surface area contributed by atoms with E-state index in [9.17, 15) is 0 Å². The zero-order valence-electron chi connectivity index (χ0n) is 8.67. The molecule has 0 N–H and O–H groups in total. The zero-order chi connectivity index (χ0) is 9.30. The normalized spacial score (nSPS) is 26.9. The van der Waals surface area contributed by atoms with Gasteiger partial charge in [0.2, 0.25) is 0 Å². The van der Waals surface area contributed by atoms with Gasteiger partial charge in [0.1, 0.15) is 0 Å². The molecule has 0 aromatic rings. The Morgan fingerprint density at radius 1 is 1.42 bits per heavy atom. The third-order valence-electron chi connectivity index (χ3n) is 2.77. The first-order chi connectivity index (χ1) is 5.52. The monoisotopic (exact) mass is 168 g/mol. The molecule has 1 aliphatic heterocycles. The highest BCUT2D eigenvalue weighted by atomic mass is 15.3. The Balaban J connectivity index is 2.61. The Morgan fingerprint density at radius 3 is 2.50 bits per heavy atom. The summed E-state index contributed by atoms with van der Waals surface area (Å²) in [5, 5.41) is 0. The minimum Gasteiger partial charge on any atom is -0.376 e. The van der Waals surface area contributed by atoms with Gasteiger partial charge in [-0.1, -0.05) is 20.4 Å². The highest BCUT2D eigenvalue weighted by Gasteiger charge is 2.25. The topological polar surface area (TPSA) is 6.48 Å². The highest BCUT2D eigenvalue weighted by molar-refractivity contribution is 5.02. The van der Waals surface area contributed by atoms with Crippen molar-refractivity contribution >= 4 is 0 Å². The minimum atomic E-state index is 0.681. The Morgan fingerprint density at radius 2 is 2.00 bits per heavy atom. The molecule has 0 spiro atoms. The maximum Gasteiger partial charge on any atom is 0.0378 e. The van der Waals surface area contributed by atoms with Gasteiger partial charge in [-0.15, -0.1) is 0 Å². The number of hydrogen-bond acceptors (Lipinski definition) is 2. The number of hydrogen-bond donors (Lipinski definition) is 0. The standard InChI is InChI=1S/C10H20N2/c1-8(2)10-7-11(4)9(3)6-12(10)5/h8,10H,3,6-7H2,1-2,4-5H3. The van der Waals surface area contributed by atoms with Crippen LogP contribution >= 0.6 is 0 Å². The molecule has 2 nitrogen and oxygen atoms in total. The average molecular weight is 168 g/mol. The molecular weight excluding hydrogens is 148 g/mol. The van der Waals surface area contributed by atoms with Crippen LogP contribution in [0.5, 0.6) is 0 Å². The van der Waals surface area contributed by atoms with Gasteiger partial charge in [0.25, 0.3) is 0 Å². The molecular formula is C10H20N2. The van der Waals surface area contributed by atoms with Crippen molar-refractivity contribution in [3.05, 3.63) is 12.3 Å². The van der Waals surface area contributed by atoms with Crippen LogP contribution in [0.1, 0.15) is 13.8 Å². The summed E-state index contributed by atoms with van der Waals surface area (Å²) in [7, 11) is 4.31. The summed E-state index contributed by atoms with van der Waals surface area (Å²) in [6.07, 6.45) is 0. The van der Waals surface area contributed by atoms with E-state index in [-0.39, 0.29) is 0 Å². The van der Waals surface area contributed by atoms with Crippen LogP contribution in [0.2, 0.25) is 0 Å². The van der Waals surface area contributed by atoms with Gasteiger partial charge in [-0.3, -0.25) is 4.90 Å². The first-order valence-electron chi connectivity index (χ1n) is 4.61. The number of piperazine rings is 1. The summed E-state index contributed by atoms with van der Waals surface area (Å²) in [5.74, 6) is 0.727. The van der Waals surface area contributed by atoms with E-state index in [0.717, 1.165) is 19.0 Å². The Hall–Kier alpha value is -0.500. The van der Waals surface area contributed by atoms with Crippen LogP contribution in [0.15, 0.2) is 12.3 Å². The van der Waals surface area contributed by atoms with E-state index in [1.165, 1.54) is 5.70 Å². The van der Waals surface area contributed by atoms with Crippen molar-refractivity contribution < 1.29 is 0 Å². The summed E-state index contributed by atoms with van der Waals surface area (Å²) in [5.41, 5.74) is 1.23. The molecule has 2 heteroatoms. The zero-order valence-corrected chi connectivity index (χ0v) is 8.67. The van der Waals surface area contributed by atoms with E-state index in [2.05, 4.69) is 44.3 Å². The summed E-state index contributed by atoms with van der Waals surface area (Å²) in [6.45, 7) is 10.7. The highest BCUT2D eigenvalue weighted by Crippen LogP contribution is 2.18. The summed E-state index contributed by atoms with van der Waals surface area (Å²) in [4.78, 5) is 4.66. The summed E-state index contributed by atoms with van der Waals surface area (Å²) >= 11 is 0. The van der Waals surface area contributed by atoms with Crippen molar-refractivity contribution in [2.45, 2.75) is 19.9 Å². The second kappa shape index (κ2) is 3.48. The van der Waals surface area contributed by atoms with Gasteiger partial charge in [0.15, 0.2) is 0 Å². The molecule has 1 saturated heterocycles. The lowest BCUT2D eigenvalue weighted by Gasteiger charge is -2.42. The van der Waals surface area contributed by atoms with Crippen LogP contribution < -0.4 is 0 Å². The Kier molecular flexibility index (Phi) is 2.78. The van der Waals surface area contributed by atoms with E-state index in [4.69, 9.17) is 0 Å². The van der Waals surface area contributed by atoms with Crippen LogP contribution in [0.25, 0.3) is 0 Å². The van der Waals surface area contributed by atoms with Crippen LogP contribution in [0.4, 0.5) is 0 Å². The predicted molar refractivity (Wildman–Crippen MR) is 53.0 cm³/mol. The molecule has 1 atom stereocenters. The maximum atomic E-state index is 4.02. The first kappa shape index (κ1) is 9.59. The molecule has 1 rings (SSSR count). The second-order valence-corrected chi connectivity index (χ2v) is 4.17. The van der Waals surface area contributed by atoms with Gasteiger partial charge in [-0.25, -0.2) is 0 Å². The van der Waals surface area contributed by atoms with Crippen molar-refractivity contribution in [3.8, 4) is 0 Å². The molecule has 0 aromatic heterocycles. The van der Waals surface area contributed by atoms with Gasteiger partial charge in [0.05, 0.1) is 0 Å². The molecule has 0 bridgehead atoms. The Labute approximate surface area is 75.8 Å². The predicted octanol–water partition coefficient (Wildman–Crippen LogP) is 1.40. The third kappa shape index (κ3) is 1.81. The van der Waals surface area contributed by atoms with Gasteiger partial charge in [-0.2, -0.15) is 0 Å². The molecule has 0 saturated carbocycles. The summed E-state index contributed by atoms with van der Waals surface area (Å²) in [6, 6.07) is 0.681. The fraction of sp³-hybridized carbons (Fsp3) is 0.800. The van der Waals surface area contributed by atoms with E-state index in [0.29, 0.717) is 6.04 Å². The van der Waals surface area contributed by atoms with Crippen molar-refractivity contribution in [3.63, 3.8) is 0 Å². The third-order valence-corrected chi connectivity index (χ3v) is 2.77. The fourth-order valence-corrected chi connectivity index (χ4v) is 1.79.